The third-order valence-electron chi connectivity index (χ3n) is 5.23. The second-order valence-corrected chi connectivity index (χ2v) is 10.0. The third-order valence-corrected chi connectivity index (χ3v) is 6.06. The molecule has 0 radical (unpaired) electrons. The molecule has 0 N–H and O–H groups in total. The van der Waals surface area contributed by atoms with E-state index < -0.39 is 16.1 Å². The number of ether oxygens (including phenoxy) is 2. The summed E-state index contributed by atoms with van der Waals surface area (Å²) >= 11 is 6.30. The number of methoxy groups -OCH3 is 1. The van der Waals surface area contributed by atoms with Crippen LogP contribution < -0.4 is 4.74 Å². The Hall–Kier alpha value is -2.55. The Morgan fingerprint density at radius 1 is 1.06 bits per heavy atom. The normalized spacial score (nSPS) is 11.8. The molecule has 178 valence electrons. The van der Waals surface area contributed by atoms with E-state index in [1.807, 2.05) is 18.2 Å². The number of aromatic nitrogens is 1. The van der Waals surface area contributed by atoms with Gasteiger partial charge in [-0.1, -0.05) is 11.6 Å². The van der Waals surface area contributed by atoms with E-state index in [0.717, 1.165) is 28.4 Å². The Balaban J connectivity index is 1.87. The van der Waals surface area contributed by atoms with E-state index in [0.29, 0.717) is 35.8 Å². The molecular weight excluding hydrogens is 466 g/mol. The Kier molecular flexibility index (Phi) is 8.05. The molecule has 33 heavy (non-hydrogen) atoms. The van der Waals surface area contributed by atoms with Gasteiger partial charge in [0.15, 0.2) is 0 Å². The van der Waals surface area contributed by atoms with Crippen LogP contribution in [-0.4, -0.2) is 45.5 Å². The molecule has 0 fully saturated rings. The number of fused-ring (bicyclic) bond motifs is 1. The summed E-state index contributed by atoms with van der Waals surface area (Å²) in [4.78, 5) is 11.6. The van der Waals surface area contributed by atoms with Crippen LogP contribution >= 0.6 is 11.6 Å². The van der Waals surface area contributed by atoms with Gasteiger partial charge in [-0.15, -0.1) is 0 Å². The van der Waals surface area contributed by atoms with Crippen molar-refractivity contribution in [3.63, 3.8) is 0 Å². The van der Waals surface area contributed by atoms with Gasteiger partial charge in [0.2, 0.25) is 0 Å². The van der Waals surface area contributed by atoms with E-state index in [2.05, 4.69) is 18.4 Å². The Morgan fingerprint density at radius 2 is 1.76 bits per heavy atom. The molecule has 0 aliphatic rings. The number of esters is 1. The summed E-state index contributed by atoms with van der Waals surface area (Å²) in [5, 5.41) is 1.64. The molecule has 0 saturated heterocycles. The van der Waals surface area contributed by atoms with Crippen LogP contribution in [0.15, 0.2) is 42.5 Å². The summed E-state index contributed by atoms with van der Waals surface area (Å²) in [6.45, 7) is 4.61. The first-order valence-corrected chi connectivity index (χ1v) is 12.8. The van der Waals surface area contributed by atoms with Crippen LogP contribution in [0.3, 0.4) is 0 Å². The summed E-state index contributed by atoms with van der Waals surface area (Å²) in [5.74, 6) is 0.233. The van der Waals surface area contributed by atoms with Gasteiger partial charge < -0.3 is 14.0 Å². The smallest absolute Gasteiger partial charge is 0.337 e. The molecule has 0 atom stereocenters. The predicted molar refractivity (Wildman–Crippen MR) is 129 cm³/mol. The zero-order chi connectivity index (χ0) is 24.2. The molecule has 2 aromatic carbocycles. The SMILES string of the molecule is COC(=O)c1ccc(OCCc2c(CCOS(C)(=O)=O)n(C(C)C)c3ccc(Cl)cc23)cc1. The molecule has 0 aliphatic heterocycles. The second kappa shape index (κ2) is 10.6. The number of hydrogen-bond donors (Lipinski definition) is 0. The molecule has 3 aromatic rings. The minimum Gasteiger partial charge on any atom is -0.493 e. The largest absolute Gasteiger partial charge is 0.493 e. The Morgan fingerprint density at radius 3 is 2.36 bits per heavy atom. The van der Waals surface area contributed by atoms with Crippen molar-refractivity contribution < 1.29 is 26.9 Å². The molecule has 9 heteroatoms. The maximum atomic E-state index is 11.6. The van der Waals surface area contributed by atoms with Crippen molar-refractivity contribution >= 4 is 38.6 Å². The molecule has 1 heterocycles. The van der Waals surface area contributed by atoms with Gasteiger partial charge in [0.05, 0.1) is 32.1 Å². The van der Waals surface area contributed by atoms with E-state index >= 15 is 0 Å². The van der Waals surface area contributed by atoms with Crippen molar-refractivity contribution in [3.05, 3.63) is 64.3 Å². The van der Waals surface area contributed by atoms with Gasteiger partial charge in [-0.05, 0) is 61.9 Å². The number of rotatable bonds is 10. The molecule has 3 rings (SSSR count). The van der Waals surface area contributed by atoms with Crippen LogP contribution in [0.4, 0.5) is 0 Å². The van der Waals surface area contributed by atoms with Crippen molar-refractivity contribution in [2.24, 2.45) is 0 Å². The highest BCUT2D eigenvalue weighted by Crippen LogP contribution is 2.32. The van der Waals surface area contributed by atoms with Gasteiger partial charge in [0.1, 0.15) is 5.75 Å². The lowest BCUT2D eigenvalue weighted by Gasteiger charge is -2.16. The lowest BCUT2D eigenvalue weighted by Crippen LogP contribution is -2.13. The van der Waals surface area contributed by atoms with Gasteiger partial charge in [-0.3, -0.25) is 4.18 Å². The van der Waals surface area contributed by atoms with E-state index in [1.54, 1.807) is 24.3 Å². The molecular formula is C24H28ClNO6S. The lowest BCUT2D eigenvalue weighted by molar-refractivity contribution is 0.0600. The zero-order valence-electron chi connectivity index (χ0n) is 19.1. The first kappa shape index (κ1) is 25.1. The number of carbonyl (C=O) groups is 1. The highest BCUT2D eigenvalue weighted by atomic mass is 35.5. The number of carbonyl (C=O) groups excluding carboxylic acids is 1. The predicted octanol–water partition coefficient (Wildman–Crippen LogP) is 4.80. The molecule has 0 saturated carbocycles. The van der Waals surface area contributed by atoms with Gasteiger partial charge in [0.25, 0.3) is 10.1 Å². The van der Waals surface area contributed by atoms with Crippen LogP contribution in [0.1, 0.15) is 41.5 Å². The zero-order valence-corrected chi connectivity index (χ0v) is 20.7. The van der Waals surface area contributed by atoms with Crippen molar-refractivity contribution in [1.82, 2.24) is 4.57 Å². The maximum Gasteiger partial charge on any atom is 0.337 e. The Labute approximate surface area is 199 Å². The van der Waals surface area contributed by atoms with E-state index in [-0.39, 0.29) is 12.6 Å². The van der Waals surface area contributed by atoms with E-state index in [1.165, 1.54) is 7.11 Å². The van der Waals surface area contributed by atoms with Gasteiger partial charge >= 0.3 is 5.97 Å². The fourth-order valence-corrected chi connectivity index (χ4v) is 4.47. The minimum atomic E-state index is -3.53. The molecule has 0 amide bonds. The third kappa shape index (κ3) is 6.28. The highest BCUT2D eigenvalue weighted by Gasteiger charge is 2.20. The first-order valence-electron chi connectivity index (χ1n) is 10.6. The molecule has 0 aliphatic carbocycles. The molecule has 7 nitrogen and oxygen atoms in total. The Bertz CT molecular complexity index is 1230. The van der Waals surface area contributed by atoms with Crippen LogP contribution in [0.2, 0.25) is 5.02 Å². The van der Waals surface area contributed by atoms with Crippen molar-refractivity contribution in [1.29, 1.82) is 0 Å². The van der Waals surface area contributed by atoms with Crippen LogP contribution in [0.25, 0.3) is 10.9 Å². The van der Waals surface area contributed by atoms with Crippen LogP contribution in [0.5, 0.6) is 5.75 Å². The average molecular weight is 494 g/mol. The standard InChI is InChI=1S/C24H28ClNO6S/c1-16(2)26-22-10-7-18(25)15-21(22)20(23(26)12-14-32-33(4,28)29)11-13-31-19-8-5-17(6-9-19)24(27)30-3/h5-10,15-16H,11-14H2,1-4H3. The average Bonchev–Trinajstić information content (AvgIpc) is 3.05. The number of halogens is 1. The summed E-state index contributed by atoms with van der Waals surface area (Å²) in [6, 6.07) is 12.7. The molecule has 0 bridgehead atoms. The van der Waals surface area contributed by atoms with Crippen molar-refractivity contribution in [2.45, 2.75) is 32.7 Å². The number of hydrogen-bond acceptors (Lipinski definition) is 6. The number of nitrogens with zero attached hydrogens (tertiary/aromatic N) is 1. The van der Waals surface area contributed by atoms with Gasteiger partial charge in [-0.25, -0.2) is 4.79 Å². The van der Waals surface area contributed by atoms with E-state index in [9.17, 15) is 13.2 Å². The summed E-state index contributed by atoms with van der Waals surface area (Å²) < 4.78 is 40.8. The maximum absolute atomic E-state index is 11.6. The van der Waals surface area contributed by atoms with Gasteiger partial charge in [0, 0.05) is 40.5 Å². The molecule has 0 unspecified atom stereocenters. The van der Waals surface area contributed by atoms with E-state index in [4.69, 9.17) is 25.3 Å². The van der Waals surface area contributed by atoms with Crippen LogP contribution in [-0.2, 0) is 31.9 Å². The summed E-state index contributed by atoms with van der Waals surface area (Å²) in [7, 11) is -2.19. The van der Waals surface area contributed by atoms with Crippen molar-refractivity contribution in [2.75, 3.05) is 26.6 Å². The van der Waals surface area contributed by atoms with Crippen molar-refractivity contribution in [3.8, 4) is 5.75 Å². The monoisotopic (exact) mass is 493 g/mol. The summed E-state index contributed by atoms with van der Waals surface area (Å²) in [6.07, 6.45) is 2.06. The van der Waals surface area contributed by atoms with Gasteiger partial charge in [-0.2, -0.15) is 8.42 Å². The highest BCUT2D eigenvalue weighted by molar-refractivity contribution is 7.85. The first-order chi connectivity index (χ1) is 15.6. The number of benzene rings is 2. The molecule has 1 aromatic heterocycles. The second-order valence-electron chi connectivity index (χ2n) is 7.94. The summed E-state index contributed by atoms with van der Waals surface area (Å²) in [5.41, 5.74) is 3.52. The topological polar surface area (TPSA) is 83.8 Å². The fourth-order valence-electron chi connectivity index (χ4n) is 3.91. The quantitative estimate of drug-likeness (QED) is 0.298. The van der Waals surface area contributed by atoms with Crippen LogP contribution in [0, 0.1) is 0 Å². The fraction of sp³-hybridized carbons (Fsp3) is 0.375. The lowest BCUT2D eigenvalue weighted by atomic mass is 10.1. The minimum absolute atomic E-state index is 0.0540. The molecule has 0 spiro atoms.